The molecule has 1 rings (SSSR count). The number of nitrogens with one attached hydrogen (secondary N) is 1. The molecule has 0 aromatic heterocycles. The van der Waals surface area contributed by atoms with Crippen molar-refractivity contribution in [2.24, 2.45) is 11.8 Å². The Morgan fingerprint density at radius 1 is 1.38 bits per heavy atom. The predicted molar refractivity (Wildman–Crippen MR) is 67.3 cm³/mol. The number of piperazine rings is 1. The zero-order valence-electron chi connectivity index (χ0n) is 11.3. The summed E-state index contributed by atoms with van der Waals surface area (Å²) in [6.07, 6.45) is 1.09. The van der Waals surface area contributed by atoms with Gasteiger partial charge in [0.15, 0.2) is 0 Å². The van der Waals surface area contributed by atoms with E-state index in [-0.39, 0.29) is 5.91 Å². The van der Waals surface area contributed by atoms with E-state index in [9.17, 15) is 4.79 Å². The minimum Gasteiger partial charge on any atom is -0.337 e. The predicted octanol–water partition coefficient (Wildman–Crippen LogP) is 1.88. The van der Waals surface area contributed by atoms with Gasteiger partial charge in [-0.15, -0.1) is 0 Å². The lowest BCUT2D eigenvalue weighted by Gasteiger charge is -2.42. The Balaban J connectivity index is 2.63. The molecule has 0 aliphatic carbocycles. The molecule has 0 saturated carbocycles. The third-order valence-electron chi connectivity index (χ3n) is 3.40. The summed E-state index contributed by atoms with van der Waals surface area (Å²) in [6, 6.07) is 0.833. The lowest BCUT2D eigenvalue weighted by molar-refractivity contribution is -0.133. The largest absolute Gasteiger partial charge is 0.337 e. The van der Waals surface area contributed by atoms with E-state index in [0.717, 1.165) is 19.5 Å². The Morgan fingerprint density at radius 2 is 2.00 bits per heavy atom. The SMILES string of the molecule is CC(=O)N1CC(C(C)C)NCC1CC(C)C. The quantitative estimate of drug-likeness (QED) is 0.797. The first-order valence-corrected chi connectivity index (χ1v) is 6.42. The molecule has 1 saturated heterocycles. The number of carbonyl (C=O) groups is 1. The summed E-state index contributed by atoms with van der Waals surface area (Å²) < 4.78 is 0. The van der Waals surface area contributed by atoms with Gasteiger partial charge in [-0.05, 0) is 18.3 Å². The Kier molecular flexibility index (Phi) is 4.78. The van der Waals surface area contributed by atoms with Crippen molar-refractivity contribution in [3.63, 3.8) is 0 Å². The number of amides is 1. The van der Waals surface area contributed by atoms with E-state index in [2.05, 4.69) is 37.9 Å². The average molecular weight is 226 g/mol. The number of hydrogen-bond donors (Lipinski definition) is 1. The van der Waals surface area contributed by atoms with E-state index >= 15 is 0 Å². The molecular formula is C13H26N2O. The number of hydrogen-bond acceptors (Lipinski definition) is 2. The van der Waals surface area contributed by atoms with E-state index in [1.165, 1.54) is 0 Å². The summed E-state index contributed by atoms with van der Waals surface area (Å²) in [5, 5.41) is 3.56. The summed E-state index contributed by atoms with van der Waals surface area (Å²) in [5.41, 5.74) is 0. The third-order valence-corrected chi connectivity index (χ3v) is 3.40. The minimum atomic E-state index is 0.220. The van der Waals surface area contributed by atoms with Crippen molar-refractivity contribution in [1.29, 1.82) is 0 Å². The standard InChI is InChI=1S/C13H26N2O/c1-9(2)6-12-7-14-13(10(3)4)8-15(12)11(5)16/h9-10,12-14H,6-8H2,1-5H3. The van der Waals surface area contributed by atoms with Gasteiger partial charge < -0.3 is 10.2 Å². The van der Waals surface area contributed by atoms with Gasteiger partial charge in [0, 0.05) is 32.1 Å². The maximum Gasteiger partial charge on any atom is 0.219 e. The van der Waals surface area contributed by atoms with Crippen LogP contribution < -0.4 is 5.32 Å². The van der Waals surface area contributed by atoms with E-state index < -0.39 is 0 Å². The molecule has 0 spiro atoms. The normalized spacial score (nSPS) is 26.6. The van der Waals surface area contributed by atoms with Crippen LogP contribution in [0, 0.1) is 11.8 Å². The molecule has 0 aromatic rings. The van der Waals surface area contributed by atoms with Gasteiger partial charge in [0.25, 0.3) is 0 Å². The van der Waals surface area contributed by atoms with Crippen LogP contribution in [0.25, 0.3) is 0 Å². The van der Waals surface area contributed by atoms with Crippen LogP contribution in [-0.2, 0) is 4.79 Å². The fourth-order valence-electron chi connectivity index (χ4n) is 2.41. The smallest absolute Gasteiger partial charge is 0.219 e. The molecule has 1 aliphatic heterocycles. The monoisotopic (exact) mass is 226 g/mol. The van der Waals surface area contributed by atoms with Gasteiger partial charge in [-0.1, -0.05) is 27.7 Å². The van der Waals surface area contributed by atoms with Gasteiger partial charge in [0.05, 0.1) is 0 Å². The zero-order chi connectivity index (χ0) is 12.3. The van der Waals surface area contributed by atoms with Crippen molar-refractivity contribution in [1.82, 2.24) is 10.2 Å². The van der Waals surface area contributed by atoms with E-state index in [4.69, 9.17) is 0 Å². The van der Waals surface area contributed by atoms with Crippen LogP contribution in [0.3, 0.4) is 0 Å². The summed E-state index contributed by atoms with van der Waals surface area (Å²) >= 11 is 0. The van der Waals surface area contributed by atoms with Crippen LogP contribution in [0.5, 0.6) is 0 Å². The fourth-order valence-corrected chi connectivity index (χ4v) is 2.41. The third kappa shape index (κ3) is 3.48. The second-order valence-electron chi connectivity index (χ2n) is 5.71. The van der Waals surface area contributed by atoms with Crippen LogP contribution in [0.4, 0.5) is 0 Å². The number of carbonyl (C=O) groups excluding carboxylic acids is 1. The Hall–Kier alpha value is -0.570. The van der Waals surface area contributed by atoms with E-state index in [1.807, 2.05) is 0 Å². The first-order chi connectivity index (χ1) is 7.41. The molecule has 1 heterocycles. The molecule has 0 aromatic carbocycles. The van der Waals surface area contributed by atoms with Crippen molar-refractivity contribution < 1.29 is 4.79 Å². The number of nitrogens with zero attached hydrogens (tertiary/aromatic N) is 1. The van der Waals surface area contributed by atoms with E-state index in [0.29, 0.717) is 23.9 Å². The summed E-state index contributed by atoms with van der Waals surface area (Å²) in [6.45, 7) is 12.3. The Bertz CT molecular complexity index is 238. The van der Waals surface area contributed by atoms with Crippen LogP contribution in [-0.4, -0.2) is 36.0 Å². The van der Waals surface area contributed by atoms with Crippen LogP contribution >= 0.6 is 0 Å². The molecule has 1 N–H and O–H groups in total. The highest BCUT2D eigenvalue weighted by Crippen LogP contribution is 2.18. The van der Waals surface area contributed by atoms with Gasteiger partial charge in [-0.3, -0.25) is 4.79 Å². The molecule has 0 radical (unpaired) electrons. The van der Waals surface area contributed by atoms with E-state index in [1.54, 1.807) is 6.92 Å². The van der Waals surface area contributed by atoms with Crippen LogP contribution in [0.15, 0.2) is 0 Å². The van der Waals surface area contributed by atoms with Gasteiger partial charge in [-0.2, -0.15) is 0 Å². The molecule has 1 fully saturated rings. The van der Waals surface area contributed by atoms with Crippen molar-refractivity contribution in [3.05, 3.63) is 0 Å². The first kappa shape index (κ1) is 13.5. The molecule has 1 amide bonds. The average Bonchev–Trinajstić information content (AvgIpc) is 2.16. The zero-order valence-corrected chi connectivity index (χ0v) is 11.3. The molecular weight excluding hydrogens is 200 g/mol. The highest BCUT2D eigenvalue weighted by atomic mass is 16.2. The summed E-state index contributed by atoms with van der Waals surface area (Å²) in [4.78, 5) is 13.7. The molecule has 3 nitrogen and oxygen atoms in total. The lowest BCUT2D eigenvalue weighted by Crippen LogP contribution is -2.59. The molecule has 16 heavy (non-hydrogen) atoms. The van der Waals surface area contributed by atoms with Gasteiger partial charge >= 0.3 is 0 Å². The number of rotatable bonds is 3. The maximum absolute atomic E-state index is 11.7. The van der Waals surface area contributed by atoms with Crippen LogP contribution in [0.2, 0.25) is 0 Å². The lowest BCUT2D eigenvalue weighted by atomic mass is 9.95. The Morgan fingerprint density at radius 3 is 2.44 bits per heavy atom. The topological polar surface area (TPSA) is 32.3 Å². The molecule has 2 atom stereocenters. The fraction of sp³-hybridized carbons (Fsp3) is 0.923. The first-order valence-electron chi connectivity index (χ1n) is 6.42. The highest BCUT2D eigenvalue weighted by Gasteiger charge is 2.30. The van der Waals surface area contributed by atoms with Gasteiger partial charge in [0.1, 0.15) is 0 Å². The van der Waals surface area contributed by atoms with Crippen molar-refractivity contribution >= 4 is 5.91 Å². The van der Waals surface area contributed by atoms with Crippen LogP contribution in [0.1, 0.15) is 41.0 Å². The molecule has 94 valence electrons. The molecule has 2 unspecified atom stereocenters. The molecule has 0 bridgehead atoms. The maximum atomic E-state index is 11.7. The Labute approximate surface area is 99.6 Å². The molecule has 3 heteroatoms. The van der Waals surface area contributed by atoms with Crippen molar-refractivity contribution in [3.8, 4) is 0 Å². The highest BCUT2D eigenvalue weighted by molar-refractivity contribution is 5.73. The second-order valence-corrected chi connectivity index (χ2v) is 5.71. The van der Waals surface area contributed by atoms with Crippen molar-refractivity contribution in [2.45, 2.75) is 53.1 Å². The second kappa shape index (κ2) is 5.67. The molecule has 1 aliphatic rings. The van der Waals surface area contributed by atoms with Crippen molar-refractivity contribution in [2.75, 3.05) is 13.1 Å². The summed E-state index contributed by atoms with van der Waals surface area (Å²) in [5.74, 6) is 1.45. The van der Waals surface area contributed by atoms with Gasteiger partial charge in [0.2, 0.25) is 5.91 Å². The minimum absolute atomic E-state index is 0.220. The van der Waals surface area contributed by atoms with Gasteiger partial charge in [-0.25, -0.2) is 0 Å². The summed E-state index contributed by atoms with van der Waals surface area (Å²) in [7, 11) is 0.